The van der Waals surface area contributed by atoms with E-state index in [0.29, 0.717) is 0 Å². The van der Waals surface area contributed by atoms with Crippen LogP contribution in [-0.4, -0.2) is 22.2 Å². The minimum atomic E-state index is -0.999. The number of rotatable bonds is 4. The van der Waals surface area contributed by atoms with E-state index in [0.717, 1.165) is 5.56 Å². The molecule has 0 saturated carbocycles. The molecule has 0 fully saturated rings. The fourth-order valence-corrected chi connectivity index (χ4v) is 1.09. The van der Waals surface area contributed by atoms with Crippen LogP contribution in [-0.2, 0) is 11.2 Å². The standard InChI is InChI=1S/C9H12N2O3/c10-11-8(9(13)14)5-6-1-3-7(12)4-2-6/h1-4,8,11-12H,5,10H2,(H,13,14). The maximum Gasteiger partial charge on any atom is 0.322 e. The van der Waals surface area contributed by atoms with Gasteiger partial charge in [-0.05, 0) is 24.1 Å². The first-order valence-corrected chi connectivity index (χ1v) is 4.10. The van der Waals surface area contributed by atoms with Crippen LogP contribution in [0.3, 0.4) is 0 Å². The molecule has 5 nitrogen and oxygen atoms in total. The first-order valence-electron chi connectivity index (χ1n) is 4.10. The third-order valence-corrected chi connectivity index (χ3v) is 1.88. The highest BCUT2D eigenvalue weighted by Crippen LogP contribution is 2.11. The van der Waals surface area contributed by atoms with Gasteiger partial charge in [0, 0.05) is 0 Å². The summed E-state index contributed by atoms with van der Waals surface area (Å²) in [5.41, 5.74) is 3.00. The van der Waals surface area contributed by atoms with E-state index in [1.54, 1.807) is 12.1 Å². The summed E-state index contributed by atoms with van der Waals surface area (Å²) in [6.45, 7) is 0. The van der Waals surface area contributed by atoms with Gasteiger partial charge in [-0.3, -0.25) is 10.6 Å². The minimum absolute atomic E-state index is 0.154. The number of benzene rings is 1. The number of carboxylic acid groups (broad SMARTS) is 1. The smallest absolute Gasteiger partial charge is 0.322 e. The van der Waals surface area contributed by atoms with Crippen LogP contribution < -0.4 is 11.3 Å². The summed E-state index contributed by atoms with van der Waals surface area (Å²) in [4.78, 5) is 10.6. The predicted octanol–water partition coefficient (Wildman–Crippen LogP) is -0.149. The van der Waals surface area contributed by atoms with Gasteiger partial charge in [-0.1, -0.05) is 12.1 Å². The van der Waals surface area contributed by atoms with Crippen molar-refractivity contribution >= 4 is 5.97 Å². The lowest BCUT2D eigenvalue weighted by Gasteiger charge is -2.10. The number of hydrogen-bond acceptors (Lipinski definition) is 4. The Morgan fingerprint density at radius 3 is 2.43 bits per heavy atom. The number of aliphatic carboxylic acids is 1. The highest BCUT2D eigenvalue weighted by atomic mass is 16.4. The number of nitrogens with two attached hydrogens (primary N) is 1. The molecule has 0 saturated heterocycles. The topological polar surface area (TPSA) is 95.6 Å². The van der Waals surface area contributed by atoms with Crippen molar-refractivity contribution in [2.45, 2.75) is 12.5 Å². The van der Waals surface area contributed by atoms with Gasteiger partial charge in [-0.15, -0.1) is 0 Å². The van der Waals surface area contributed by atoms with Crippen molar-refractivity contribution in [1.29, 1.82) is 0 Å². The van der Waals surface area contributed by atoms with E-state index in [4.69, 9.17) is 16.1 Å². The second-order valence-electron chi connectivity index (χ2n) is 2.93. The van der Waals surface area contributed by atoms with Crippen molar-refractivity contribution in [1.82, 2.24) is 5.43 Å². The first kappa shape index (κ1) is 10.5. The zero-order chi connectivity index (χ0) is 10.6. The van der Waals surface area contributed by atoms with Gasteiger partial charge in [0.25, 0.3) is 0 Å². The molecule has 0 amide bonds. The van der Waals surface area contributed by atoms with Gasteiger partial charge < -0.3 is 10.2 Å². The van der Waals surface area contributed by atoms with Crippen LogP contribution in [0.2, 0.25) is 0 Å². The van der Waals surface area contributed by atoms with Crippen LogP contribution in [0, 0.1) is 0 Å². The zero-order valence-corrected chi connectivity index (χ0v) is 7.47. The Morgan fingerprint density at radius 2 is 2.00 bits per heavy atom. The molecule has 1 aromatic carbocycles. The highest BCUT2D eigenvalue weighted by Gasteiger charge is 2.15. The van der Waals surface area contributed by atoms with Crippen molar-refractivity contribution in [3.8, 4) is 5.75 Å². The second-order valence-corrected chi connectivity index (χ2v) is 2.93. The molecule has 0 aliphatic heterocycles. The molecule has 0 aliphatic carbocycles. The van der Waals surface area contributed by atoms with Crippen LogP contribution in [0.15, 0.2) is 24.3 Å². The van der Waals surface area contributed by atoms with E-state index in [2.05, 4.69) is 5.43 Å². The molecular weight excluding hydrogens is 184 g/mol. The predicted molar refractivity (Wildman–Crippen MR) is 50.6 cm³/mol. The van der Waals surface area contributed by atoms with Gasteiger partial charge in [0.15, 0.2) is 0 Å². The molecule has 0 bridgehead atoms. The fraction of sp³-hybridized carbons (Fsp3) is 0.222. The maximum absolute atomic E-state index is 10.6. The zero-order valence-electron chi connectivity index (χ0n) is 7.47. The van der Waals surface area contributed by atoms with Crippen molar-refractivity contribution in [3.05, 3.63) is 29.8 Å². The van der Waals surface area contributed by atoms with Crippen LogP contribution in [0.25, 0.3) is 0 Å². The molecule has 5 heteroatoms. The molecule has 1 aromatic rings. The molecule has 1 unspecified atom stereocenters. The Labute approximate surface area is 81.1 Å². The molecule has 76 valence electrons. The maximum atomic E-state index is 10.6. The van der Waals surface area contributed by atoms with E-state index in [1.165, 1.54) is 12.1 Å². The molecule has 0 radical (unpaired) electrons. The largest absolute Gasteiger partial charge is 0.508 e. The van der Waals surface area contributed by atoms with E-state index < -0.39 is 12.0 Å². The van der Waals surface area contributed by atoms with Gasteiger partial charge in [-0.2, -0.15) is 0 Å². The summed E-state index contributed by atoms with van der Waals surface area (Å²) in [5.74, 6) is 4.23. The second kappa shape index (κ2) is 4.59. The van der Waals surface area contributed by atoms with E-state index in [-0.39, 0.29) is 12.2 Å². The van der Waals surface area contributed by atoms with Gasteiger partial charge in [0.1, 0.15) is 11.8 Å². The number of nitrogens with one attached hydrogen (secondary N) is 1. The third kappa shape index (κ3) is 2.72. The Hall–Kier alpha value is -1.59. The van der Waals surface area contributed by atoms with Gasteiger partial charge in [-0.25, -0.2) is 5.43 Å². The third-order valence-electron chi connectivity index (χ3n) is 1.88. The number of hydrazine groups is 1. The molecule has 0 aliphatic rings. The lowest BCUT2D eigenvalue weighted by Crippen LogP contribution is -2.42. The average Bonchev–Trinajstić information content (AvgIpc) is 2.16. The molecule has 1 atom stereocenters. The Kier molecular flexibility index (Phi) is 3.44. The van der Waals surface area contributed by atoms with Gasteiger partial charge >= 0.3 is 5.97 Å². The molecule has 0 heterocycles. The first-order chi connectivity index (χ1) is 6.63. The Balaban J connectivity index is 2.67. The minimum Gasteiger partial charge on any atom is -0.508 e. The van der Waals surface area contributed by atoms with Crippen molar-refractivity contribution in [2.75, 3.05) is 0 Å². The van der Waals surface area contributed by atoms with E-state index in [9.17, 15) is 4.79 Å². The number of carbonyl (C=O) groups is 1. The lowest BCUT2D eigenvalue weighted by molar-refractivity contribution is -0.139. The van der Waals surface area contributed by atoms with E-state index >= 15 is 0 Å². The highest BCUT2D eigenvalue weighted by molar-refractivity contribution is 5.73. The molecule has 0 aromatic heterocycles. The lowest BCUT2D eigenvalue weighted by atomic mass is 10.1. The number of carboxylic acids is 1. The molecular formula is C9H12N2O3. The number of aromatic hydroxyl groups is 1. The summed E-state index contributed by atoms with van der Waals surface area (Å²) in [6, 6.07) is 5.51. The van der Waals surface area contributed by atoms with E-state index in [1.807, 2.05) is 0 Å². The molecule has 14 heavy (non-hydrogen) atoms. The number of hydrogen-bond donors (Lipinski definition) is 4. The molecule has 1 rings (SSSR count). The summed E-state index contributed by atoms with van der Waals surface area (Å²) >= 11 is 0. The van der Waals surface area contributed by atoms with Crippen LogP contribution in [0.1, 0.15) is 5.56 Å². The average molecular weight is 196 g/mol. The van der Waals surface area contributed by atoms with Crippen LogP contribution in [0.5, 0.6) is 5.75 Å². The summed E-state index contributed by atoms with van der Waals surface area (Å²) in [6.07, 6.45) is 0.284. The van der Waals surface area contributed by atoms with Crippen molar-refractivity contribution in [2.24, 2.45) is 5.84 Å². The Morgan fingerprint density at radius 1 is 1.43 bits per heavy atom. The number of phenols is 1. The summed E-state index contributed by atoms with van der Waals surface area (Å²) in [7, 11) is 0. The van der Waals surface area contributed by atoms with Crippen molar-refractivity contribution in [3.63, 3.8) is 0 Å². The molecule has 0 spiro atoms. The van der Waals surface area contributed by atoms with Crippen LogP contribution in [0.4, 0.5) is 0 Å². The van der Waals surface area contributed by atoms with Crippen LogP contribution >= 0.6 is 0 Å². The van der Waals surface area contributed by atoms with Gasteiger partial charge in [0.2, 0.25) is 0 Å². The Bertz CT molecular complexity index is 310. The fourth-order valence-electron chi connectivity index (χ4n) is 1.09. The SMILES string of the molecule is NNC(Cc1ccc(O)cc1)C(=O)O. The normalized spacial score (nSPS) is 12.4. The quantitative estimate of drug-likeness (QED) is 0.397. The monoisotopic (exact) mass is 196 g/mol. The summed E-state index contributed by atoms with van der Waals surface area (Å²) < 4.78 is 0. The summed E-state index contributed by atoms with van der Waals surface area (Å²) in [5, 5.41) is 17.7. The van der Waals surface area contributed by atoms with Crippen molar-refractivity contribution < 1.29 is 15.0 Å². The van der Waals surface area contributed by atoms with Gasteiger partial charge in [0.05, 0.1) is 0 Å². The number of phenolic OH excluding ortho intramolecular Hbond substituents is 1. The molecule has 5 N–H and O–H groups in total.